The molecule has 9 heavy (non-hydrogen) atoms. The monoisotopic (exact) mass is 240 g/mol. The molecule has 0 heterocycles. The minimum absolute atomic E-state index is 0. The van der Waals surface area contributed by atoms with Crippen molar-refractivity contribution in [3.63, 3.8) is 0 Å². The van der Waals surface area contributed by atoms with Crippen LogP contribution in [0.3, 0.4) is 0 Å². The summed E-state index contributed by atoms with van der Waals surface area (Å²) in [6, 6.07) is -0.981. The van der Waals surface area contributed by atoms with Crippen LogP contribution in [0.15, 0.2) is 0 Å². The first-order valence-corrected chi connectivity index (χ1v) is 3.95. The molecule has 1 atom stereocenters. The first-order chi connectivity index (χ1) is 3.64. The van der Waals surface area contributed by atoms with Crippen LogP contribution in [0.25, 0.3) is 5.73 Å². The van der Waals surface area contributed by atoms with E-state index in [0.29, 0.717) is 0 Å². The fourth-order valence-corrected chi connectivity index (χ4v) is 0. The molecule has 0 radical (unpaired) electrons. The summed E-state index contributed by atoms with van der Waals surface area (Å²) in [5.74, 6) is -1.07. The Labute approximate surface area is 69.3 Å². The summed E-state index contributed by atoms with van der Waals surface area (Å²) in [4.78, 5) is 9.51. The fourth-order valence-electron chi connectivity index (χ4n) is 0. The number of carbonyl (C=O) groups is 1. The van der Waals surface area contributed by atoms with Gasteiger partial charge in [0, 0.05) is 0 Å². The average molecular weight is 240 g/mol. The van der Waals surface area contributed by atoms with Gasteiger partial charge in [0.15, 0.2) is 0 Å². The molecule has 3 nitrogen and oxygen atoms in total. The molecule has 0 bridgehead atoms. The number of carboxylic acids is 1. The summed E-state index contributed by atoms with van der Waals surface area (Å²) in [6.07, 6.45) is 0. The van der Waals surface area contributed by atoms with Gasteiger partial charge in [-0.3, -0.25) is 4.79 Å². The second kappa shape index (κ2) is 11.2. The Bertz CT molecular complexity index is 69.6. The van der Waals surface area contributed by atoms with Crippen LogP contribution in [0.2, 0.25) is 0 Å². The van der Waals surface area contributed by atoms with E-state index < -0.39 is 12.0 Å². The van der Waals surface area contributed by atoms with E-state index in [2.05, 4.69) is 9.69 Å². The standard InChI is InChI=1S/C3H6NO2.CH3.ClH.Ru/c1-2(4)3(5)6;;;/h2,4H,1H3,(H,5,6);1H3;1H;/q2*-1;;+3/p-1. The van der Waals surface area contributed by atoms with Crippen molar-refractivity contribution in [1.82, 2.24) is 0 Å². The maximum absolute atomic E-state index is 9.51. The van der Waals surface area contributed by atoms with Gasteiger partial charge >= 0.3 is 27.0 Å². The summed E-state index contributed by atoms with van der Waals surface area (Å²) < 4.78 is 0. The van der Waals surface area contributed by atoms with E-state index in [1.165, 1.54) is 6.92 Å². The number of halogens is 1. The van der Waals surface area contributed by atoms with Crippen LogP contribution >= 0.6 is 9.69 Å². The van der Waals surface area contributed by atoms with E-state index in [1.54, 1.807) is 0 Å². The van der Waals surface area contributed by atoms with Crippen molar-refractivity contribution in [2.45, 2.75) is 13.0 Å². The Balaban J connectivity index is -0.000000109. The van der Waals surface area contributed by atoms with Gasteiger partial charge in [-0.2, -0.15) is 0 Å². The number of carboxylic acid groups (broad SMARTS) is 1. The van der Waals surface area contributed by atoms with Crippen LogP contribution in [0.5, 0.6) is 0 Å². The van der Waals surface area contributed by atoms with Gasteiger partial charge in [-0.25, -0.2) is 0 Å². The first kappa shape index (κ1) is 16.2. The predicted octanol–water partition coefficient (Wildman–Crippen LogP) is 1.65. The summed E-state index contributed by atoms with van der Waals surface area (Å²) in [6.45, 7) is 1.31. The van der Waals surface area contributed by atoms with Crippen molar-refractivity contribution in [3.05, 3.63) is 13.2 Å². The van der Waals surface area contributed by atoms with Crippen LogP contribution in [-0.2, 0) is 22.1 Å². The van der Waals surface area contributed by atoms with Crippen molar-refractivity contribution >= 4 is 15.7 Å². The molecule has 0 fully saturated rings. The third-order valence-corrected chi connectivity index (χ3v) is 0.370. The molecule has 5 heteroatoms. The van der Waals surface area contributed by atoms with Gasteiger partial charge in [0.25, 0.3) is 5.97 Å². The zero-order chi connectivity index (χ0) is 7.15. The second-order valence-corrected chi connectivity index (χ2v) is 1.06. The van der Waals surface area contributed by atoms with Gasteiger partial charge < -0.3 is 18.3 Å². The Morgan fingerprint density at radius 1 is 1.78 bits per heavy atom. The summed E-state index contributed by atoms with van der Waals surface area (Å²) >= 11 is 1.82. The van der Waals surface area contributed by atoms with Crippen molar-refractivity contribution < 1.29 is 27.2 Å². The molecule has 0 spiro atoms. The van der Waals surface area contributed by atoms with Gasteiger partial charge in [-0.1, -0.05) is 6.92 Å². The quantitative estimate of drug-likeness (QED) is 0.559. The average Bonchev–Trinajstić information content (AvgIpc) is 1.72. The third-order valence-electron chi connectivity index (χ3n) is 0.370. The molecule has 0 aliphatic heterocycles. The Morgan fingerprint density at radius 2 is 1.89 bits per heavy atom. The molecule has 0 aromatic carbocycles. The molecule has 2 N–H and O–H groups in total. The van der Waals surface area contributed by atoms with Crippen molar-refractivity contribution in [2.24, 2.45) is 0 Å². The van der Waals surface area contributed by atoms with E-state index in [0.717, 1.165) is 0 Å². The Hall–Kier alpha value is 0.343. The molecule has 57 valence electrons. The summed E-state index contributed by atoms with van der Waals surface area (Å²) in [5, 5.41) is 7.80. The van der Waals surface area contributed by atoms with Gasteiger partial charge in [-0.05, 0) is 6.04 Å². The van der Waals surface area contributed by atoms with Crippen LogP contribution in [0, 0.1) is 7.43 Å². The van der Waals surface area contributed by atoms with Crippen LogP contribution in [0.1, 0.15) is 6.92 Å². The molecule has 0 aliphatic carbocycles. The maximum atomic E-state index is 9.51. The molecule has 0 aliphatic rings. The zero-order valence-corrected chi connectivity index (χ0v) is 7.66. The van der Waals surface area contributed by atoms with Gasteiger partial charge in [0.1, 0.15) is 0 Å². The Kier molecular flexibility index (Phi) is 20.1. The van der Waals surface area contributed by atoms with E-state index in [-0.39, 0.29) is 7.43 Å². The number of rotatable bonds is 1. The molecule has 0 saturated carbocycles. The number of nitrogens with one attached hydrogen (secondary N) is 1. The molecule has 1 unspecified atom stereocenters. The van der Waals surface area contributed by atoms with Gasteiger partial charge in [-0.15, -0.1) is 0 Å². The Morgan fingerprint density at radius 3 is 1.89 bits per heavy atom. The SMILES string of the molecule is CC([NH-])C(=O)O.[CH3-].[Cl][Ru+2]. The van der Waals surface area contributed by atoms with Crippen LogP contribution in [-0.4, -0.2) is 17.1 Å². The summed E-state index contributed by atoms with van der Waals surface area (Å²) in [5.41, 5.74) is 6.43. The van der Waals surface area contributed by atoms with Crippen LogP contribution in [0.4, 0.5) is 0 Å². The number of aliphatic carboxylic acids is 1. The van der Waals surface area contributed by atoms with E-state index >= 15 is 0 Å². The van der Waals surface area contributed by atoms with E-state index in [9.17, 15) is 4.79 Å². The fraction of sp³-hybridized carbons (Fsp3) is 0.500. The number of hydrogen-bond donors (Lipinski definition) is 1. The van der Waals surface area contributed by atoms with E-state index in [4.69, 9.17) is 10.8 Å². The molecular weight excluding hydrogens is 231 g/mol. The molecular formula is C4H9ClNO2Ru. The molecule has 0 rings (SSSR count). The summed E-state index contributed by atoms with van der Waals surface area (Å²) in [7, 11) is 4.57. The third kappa shape index (κ3) is 17.8. The van der Waals surface area contributed by atoms with E-state index in [1.807, 2.05) is 17.3 Å². The molecule has 0 amide bonds. The van der Waals surface area contributed by atoms with Crippen LogP contribution < -0.4 is 0 Å². The normalized spacial score (nSPS) is 9.67. The molecule has 0 saturated heterocycles. The van der Waals surface area contributed by atoms with Gasteiger partial charge in [0.2, 0.25) is 0 Å². The van der Waals surface area contributed by atoms with Gasteiger partial charge in [0.05, 0.1) is 0 Å². The minimum atomic E-state index is -1.07. The molecule has 0 aromatic heterocycles. The topological polar surface area (TPSA) is 61.1 Å². The number of hydrogen-bond acceptors (Lipinski definition) is 1. The predicted molar refractivity (Wildman–Crippen MR) is 33.7 cm³/mol. The molecule has 0 aromatic rings. The van der Waals surface area contributed by atoms with Crippen molar-refractivity contribution in [1.29, 1.82) is 0 Å². The second-order valence-electron chi connectivity index (χ2n) is 1.06. The first-order valence-electron chi connectivity index (χ1n) is 1.72. The van der Waals surface area contributed by atoms with Crippen molar-refractivity contribution in [2.75, 3.05) is 0 Å². The zero-order valence-electron chi connectivity index (χ0n) is 5.16. The van der Waals surface area contributed by atoms with Crippen molar-refractivity contribution in [3.8, 4) is 0 Å².